The maximum Gasteiger partial charge on any atom is 0.251 e. The number of amides is 2. The summed E-state index contributed by atoms with van der Waals surface area (Å²) in [5.74, 6) is -0.214. The minimum Gasteiger partial charge on any atom is -0.382 e. The molecule has 2 amide bonds. The highest BCUT2D eigenvalue weighted by Crippen LogP contribution is 2.28. The number of benzene rings is 2. The number of carbonyl (C=O) groups excluding carboxylic acids is 2. The molecule has 3 N–H and O–H groups in total. The predicted octanol–water partition coefficient (Wildman–Crippen LogP) is 5.00. The fourth-order valence-electron chi connectivity index (χ4n) is 4.03. The topological polar surface area (TPSA) is 83.1 Å². The molecular formula is C24H25ClN4O2. The number of carbonyl (C=O) groups is 2. The minimum absolute atomic E-state index is 0.0807. The molecule has 1 aromatic heterocycles. The van der Waals surface area contributed by atoms with Crippen LogP contribution in [-0.2, 0) is 4.79 Å². The van der Waals surface area contributed by atoms with E-state index in [1.165, 1.54) is 6.92 Å². The van der Waals surface area contributed by atoms with Crippen molar-refractivity contribution in [2.24, 2.45) is 0 Å². The molecule has 7 heteroatoms. The van der Waals surface area contributed by atoms with Gasteiger partial charge in [-0.15, -0.1) is 0 Å². The molecule has 31 heavy (non-hydrogen) atoms. The largest absolute Gasteiger partial charge is 0.382 e. The number of aromatic nitrogens is 1. The van der Waals surface area contributed by atoms with Gasteiger partial charge in [-0.25, -0.2) is 0 Å². The minimum atomic E-state index is -0.133. The number of hydrogen-bond acceptors (Lipinski definition) is 4. The number of nitrogens with zero attached hydrogens (tertiary/aromatic N) is 1. The maximum absolute atomic E-state index is 12.6. The van der Waals surface area contributed by atoms with E-state index in [-0.39, 0.29) is 17.9 Å². The van der Waals surface area contributed by atoms with Gasteiger partial charge in [-0.3, -0.25) is 14.6 Å². The molecule has 0 bridgehead atoms. The first-order chi connectivity index (χ1) is 15.0. The van der Waals surface area contributed by atoms with E-state index < -0.39 is 0 Å². The lowest BCUT2D eigenvalue weighted by molar-refractivity contribution is -0.114. The van der Waals surface area contributed by atoms with Crippen LogP contribution in [-0.4, -0.2) is 28.9 Å². The smallest absolute Gasteiger partial charge is 0.251 e. The SMILES string of the molecule is CC(=O)Nc1ccc(C(=O)N[C@H]2CC[C@@H](Nc3ccnc4cc(Cl)ccc34)CC2)cc1. The molecule has 0 saturated heterocycles. The first kappa shape index (κ1) is 21.1. The standard InChI is InChI=1S/C24H25ClN4O2/c1-15(30)27-18-5-2-16(3-6-18)24(31)29-20-9-7-19(8-10-20)28-22-12-13-26-23-14-17(25)4-11-21(22)23/h2-6,11-14,19-20H,7-10H2,1H3,(H,26,28)(H,27,30)(H,29,31)/t19-,20+. The molecule has 0 aliphatic heterocycles. The summed E-state index contributed by atoms with van der Waals surface area (Å²) < 4.78 is 0. The highest BCUT2D eigenvalue weighted by molar-refractivity contribution is 6.31. The Morgan fingerprint density at radius 2 is 1.68 bits per heavy atom. The van der Waals surface area contributed by atoms with Crippen LogP contribution in [0.2, 0.25) is 5.02 Å². The van der Waals surface area contributed by atoms with E-state index in [2.05, 4.69) is 20.9 Å². The second-order valence-electron chi connectivity index (χ2n) is 7.94. The second kappa shape index (κ2) is 9.35. The Morgan fingerprint density at radius 3 is 2.39 bits per heavy atom. The molecular weight excluding hydrogens is 412 g/mol. The Bertz CT molecular complexity index is 1090. The van der Waals surface area contributed by atoms with E-state index in [1.807, 2.05) is 24.3 Å². The van der Waals surface area contributed by atoms with E-state index in [1.54, 1.807) is 30.5 Å². The zero-order chi connectivity index (χ0) is 21.8. The third-order valence-electron chi connectivity index (χ3n) is 5.59. The molecule has 1 saturated carbocycles. The maximum atomic E-state index is 12.6. The summed E-state index contributed by atoms with van der Waals surface area (Å²) in [6.07, 6.45) is 5.59. The molecule has 1 fully saturated rings. The predicted molar refractivity (Wildman–Crippen MR) is 125 cm³/mol. The molecule has 1 aliphatic carbocycles. The van der Waals surface area contributed by atoms with Crippen LogP contribution in [0, 0.1) is 0 Å². The zero-order valence-electron chi connectivity index (χ0n) is 17.3. The number of pyridine rings is 1. The van der Waals surface area contributed by atoms with Crippen LogP contribution in [0.5, 0.6) is 0 Å². The highest BCUT2D eigenvalue weighted by Gasteiger charge is 2.23. The highest BCUT2D eigenvalue weighted by atomic mass is 35.5. The third-order valence-corrected chi connectivity index (χ3v) is 5.83. The van der Waals surface area contributed by atoms with Crippen LogP contribution in [0.3, 0.4) is 0 Å². The summed E-state index contributed by atoms with van der Waals surface area (Å²) >= 11 is 6.08. The third kappa shape index (κ3) is 5.33. The van der Waals surface area contributed by atoms with Crippen molar-refractivity contribution in [1.82, 2.24) is 10.3 Å². The molecule has 3 aromatic rings. The number of hydrogen-bond donors (Lipinski definition) is 3. The van der Waals surface area contributed by atoms with E-state index in [4.69, 9.17) is 11.6 Å². The lowest BCUT2D eigenvalue weighted by Gasteiger charge is -2.30. The summed E-state index contributed by atoms with van der Waals surface area (Å²) in [7, 11) is 0. The molecule has 0 spiro atoms. The van der Waals surface area contributed by atoms with Gasteiger partial charge in [0.2, 0.25) is 5.91 Å². The lowest BCUT2D eigenvalue weighted by atomic mass is 9.90. The average molecular weight is 437 g/mol. The Morgan fingerprint density at radius 1 is 0.968 bits per heavy atom. The summed E-state index contributed by atoms with van der Waals surface area (Å²) in [5, 5.41) is 11.2. The van der Waals surface area contributed by atoms with E-state index in [0.717, 1.165) is 42.3 Å². The Labute approximate surface area is 186 Å². The number of halogens is 1. The van der Waals surface area contributed by atoms with Gasteiger partial charge in [0.15, 0.2) is 0 Å². The van der Waals surface area contributed by atoms with Gasteiger partial charge in [-0.1, -0.05) is 11.6 Å². The lowest BCUT2D eigenvalue weighted by Crippen LogP contribution is -2.40. The summed E-state index contributed by atoms with van der Waals surface area (Å²) in [6, 6.07) is 15.2. The number of fused-ring (bicyclic) bond motifs is 1. The first-order valence-electron chi connectivity index (χ1n) is 10.5. The summed E-state index contributed by atoms with van der Waals surface area (Å²) in [5.41, 5.74) is 3.22. The zero-order valence-corrected chi connectivity index (χ0v) is 18.1. The molecule has 1 aliphatic rings. The van der Waals surface area contributed by atoms with Gasteiger partial charge < -0.3 is 16.0 Å². The van der Waals surface area contributed by atoms with Gasteiger partial charge >= 0.3 is 0 Å². The van der Waals surface area contributed by atoms with Crippen molar-refractivity contribution in [2.75, 3.05) is 10.6 Å². The molecule has 2 aromatic carbocycles. The molecule has 1 heterocycles. The quantitative estimate of drug-likeness (QED) is 0.525. The van der Waals surface area contributed by atoms with Gasteiger partial charge in [-0.05, 0) is 74.2 Å². The summed E-state index contributed by atoms with van der Waals surface area (Å²) in [6.45, 7) is 1.46. The van der Waals surface area contributed by atoms with E-state index in [0.29, 0.717) is 22.3 Å². The van der Waals surface area contributed by atoms with Crippen LogP contribution < -0.4 is 16.0 Å². The van der Waals surface area contributed by atoms with Crippen molar-refractivity contribution >= 4 is 45.7 Å². The van der Waals surface area contributed by atoms with Crippen LogP contribution in [0.15, 0.2) is 54.7 Å². The normalized spacial score (nSPS) is 18.4. The van der Waals surface area contributed by atoms with Crippen LogP contribution >= 0.6 is 11.6 Å². The Kier molecular flexibility index (Phi) is 6.37. The Hall–Kier alpha value is -3.12. The van der Waals surface area contributed by atoms with Crippen molar-refractivity contribution < 1.29 is 9.59 Å². The van der Waals surface area contributed by atoms with E-state index >= 15 is 0 Å². The van der Waals surface area contributed by atoms with Crippen molar-refractivity contribution in [2.45, 2.75) is 44.7 Å². The number of anilines is 2. The van der Waals surface area contributed by atoms with Gasteiger partial charge in [0.25, 0.3) is 5.91 Å². The number of nitrogens with one attached hydrogen (secondary N) is 3. The van der Waals surface area contributed by atoms with Crippen LogP contribution in [0.25, 0.3) is 10.9 Å². The molecule has 0 unspecified atom stereocenters. The molecule has 0 radical (unpaired) electrons. The van der Waals surface area contributed by atoms with Crippen molar-refractivity contribution in [3.05, 3.63) is 65.3 Å². The average Bonchev–Trinajstić information content (AvgIpc) is 2.75. The van der Waals surface area contributed by atoms with E-state index in [9.17, 15) is 9.59 Å². The van der Waals surface area contributed by atoms with Crippen molar-refractivity contribution in [1.29, 1.82) is 0 Å². The van der Waals surface area contributed by atoms with Gasteiger partial charge in [0, 0.05) is 52.6 Å². The van der Waals surface area contributed by atoms with Crippen molar-refractivity contribution in [3.8, 4) is 0 Å². The van der Waals surface area contributed by atoms with Crippen LogP contribution in [0.1, 0.15) is 43.0 Å². The van der Waals surface area contributed by atoms with Gasteiger partial charge in [-0.2, -0.15) is 0 Å². The fourth-order valence-corrected chi connectivity index (χ4v) is 4.19. The molecule has 0 atom stereocenters. The second-order valence-corrected chi connectivity index (χ2v) is 8.38. The molecule has 4 rings (SSSR count). The van der Waals surface area contributed by atoms with Gasteiger partial charge in [0.1, 0.15) is 0 Å². The summed E-state index contributed by atoms with van der Waals surface area (Å²) in [4.78, 5) is 28.1. The van der Waals surface area contributed by atoms with Crippen LogP contribution in [0.4, 0.5) is 11.4 Å². The van der Waals surface area contributed by atoms with Gasteiger partial charge in [0.05, 0.1) is 5.52 Å². The van der Waals surface area contributed by atoms with Crippen molar-refractivity contribution in [3.63, 3.8) is 0 Å². The molecule has 6 nitrogen and oxygen atoms in total. The molecule has 160 valence electrons. The Balaban J connectivity index is 1.31. The monoisotopic (exact) mass is 436 g/mol. The fraction of sp³-hybridized carbons (Fsp3) is 0.292. The first-order valence-corrected chi connectivity index (χ1v) is 10.8. The number of rotatable bonds is 5.